The molecule has 0 saturated heterocycles. The number of hydrogen-bond donors (Lipinski definition) is 2. The van der Waals surface area contributed by atoms with Crippen LogP contribution in [0.4, 0.5) is 8.78 Å². The molecule has 0 heterocycles. The molecular weight excluding hydrogens is 535 g/mol. The number of aliphatic imine (C=N–C) groups is 1. The van der Waals surface area contributed by atoms with E-state index in [4.69, 9.17) is 11.6 Å². The molecule has 2 aromatic rings. The van der Waals surface area contributed by atoms with Crippen LogP contribution >= 0.6 is 35.6 Å². The highest BCUT2D eigenvalue weighted by molar-refractivity contribution is 14.0. The Bertz CT molecular complexity index is 813. The Hall–Kier alpha value is -1.46. The van der Waals surface area contributed by atoms with Crippen LogP contribution in [0.1, 0.15) is 11.1 Å². The molecule has 2 N–H and O–H groups in total. The lowest BCUT2D eigenvalue weighted by Gasteiger charge is -2.15. The number of nitrogens with zero attached hydrogens (tertiary/aromatic N) is 1. The molecule has 0 saturated carbocycles. The largest absolute Gasteiger partial charge is 0.434 e. The van der Waals surface area contributed by atoms with Crippen LogP contribution in [0, 0.1) is 0 Å². The predicted octanol–water partition coefficient (Wildman–Crippen LogP) is 4.17. The van der Waals surface area contributed by atoms with Crippen molar-refractivity contribution < 1.29 is 17.7 Å². The predicted molar refractivity (Wildman–Crippen MR) is 125 cm³/mol. The summed E-state index contributed by atoms with van der Waals surface area (Å²) in [6.45, 7) is -2.28. The van der Waals surface area contributed by atoms with Gasteiger partial charge in [-0.05, 0) is 23.8 Å². The van der Waals surface area contributed by atoms with Crippen LogP contribution in [0.25, 0.3) is 0 Å². The van der Waals surface area contributed by atoms with Crippen LogP contribution in [0.3, 0.4) is 0 Å². The van der Waals surface area contributed by atoms with Gasteiger partial charge in [0.25, 0.3) is 0 Å². The van der Waals surface area contributed by atoms with Gasteiger partial charge in [0.2, 0.25) is 0 Å². The first-order valence-electron chi connectivity index (χ1n) is 8.54. The van der Waals surface area contributed by atoms with Crippen LogP contribution in [-0.2, 0) is 23.1 Å². The van der Waals surface area contributed by atoms with Crippen molar-refractivity contribution in [2.45, 2.75) is 18.9 Å². The highest BCUT2D eigenvalue weighted by atomic mass is 127. The van der Waals surface area contributed by atoms with E-state index in [0.717, 1.165) is 5.56 Å². The molecule has 1 atom stereocenters. The molecular formula is C19H23ClF2IN3O2S. The van der Waals surface area contributed by atoms with E-state index in [9.17, 15) is 13.0 Å². The van der Waals surface area contributed by atoms with Crippen molar-refractivity contribution in [2.24, 2.45) is 4.99 Å². The fourth-order valence-electron chi connectivity index (χ4n) is 2.41. The normalized spacial score (nSPS) is 12.2. The molecule has 0 amide bonds. The van der Waals surface area contributed by atoms with Crippen LogP contribution in [0.2, 0.25) is 5.02 Å². The molecule has 0 aliphatic heterocycles. The molecule has 0 aromatic heterocycles. The summed E-state index contributed by atoms with van der Waals surface area (Å²) in [5.74, 6) is 1.45. The Balaban J connectivity index is 0.00000420. The molecule has 0 aliphatic carbocycles. The fraction of sp³-hybridized carbons (Fsp3) is 0.316. The minimum absolute atomic E-state index is 0. The van der Waals surface area contributed by atoms with Gasteiger partial charge in [-0.3, -0.25) is 9.20 Å². The SMILES string of the molecule is CN=C(NCCS(=O)Cc1ccccc1)NCc1cc(Cl)ccc1OC(F)F.I. The van der Waals surface area contributed by atoms with E-state index < -0.39 is 17.4 Å². The zero-order chi connectivity index (χ0) is 20.4. The summed E-state index contributed by atoms with van der Waals surface area (Å²) >= 11 is 5.94. The number of hydrogen-bond acceptors (Lipinski definition) is 3. The number of rotatable bonds is 9. The Morgan fingerprint density at radius 2 is 1.93 bits per heavy atom. The van der Waals surface area contributed by atoms with E-state index >= 15 is 0 Å². The number of ether oxygens (including phenoxy) is 1. The molecule has 29 heavy (non-hydrogen) atoms. The topological polar surface area (TPSA) is 62.7 Å². The lowest BCUT2D eigenvalue weighted by molar-refractivity contribution is -0.0504. The Kier molecular flexibility index (Phi) is 12.1. The standard InChI is InChI=1S/C19H22ClF2N3O2S.HI/c1-23-19(24-9-10-28(26)13-14-5-3-2-4-6-14)25-12-15-11-16(20)7-8-17(15)27-18(21)22;/h2-8,11,18H,9-10,12-13H2,1H3,(H2,23,24,25);1H. The van der Waals surface area contributed by atoms with Gasteiger partial charge in [0.05, 0.1) is 0 Å². The van der Waals surface area contributed by atoms with Gasteiger partial charge in [0.15, 0.2) is 5.96 Å². The first-order valence-corrected chi connectivity index (χ1v) is 10.4. The third kappa shape index (κ3) is 9.72. The van der Waals surface area contributed by atoms with Gasteiger partial charge in [0, 0.05) is 53.0 Å². The van der Waals surface area contributed by atoms with Crippen molar-refractivity contribution in [3.05, 3.63) is 64.7 Å². The summed E-state index contributed by atoms with van der Waals surface area (Å²) in [5, 5.41) is 6.48. The average molecular weight is 558 g/mol. The van der Waals surface area contributed by atoms with Crippen molar-refractivity contribution in [3.63, 3.8) is 0 Å². The number of guanidine groups is 1. The summed E-state index contributed by atoms with van der Waals surface area (Å²) in [4.78, 5) is 4.07. The summed E-state index contributed by atoms with van der Waals surface area (Å²) in [6, 6.07) is 14.1. The summed E-state index contributed by atoms with van der Waals surface area (Å²) in [6.07, 6.45) is 0. The zero-order valence-electron chi connectivity index (χ0n) is 15.7. The molecule has 1 unspecified atom stereocenters. The minimum atomic E-state index is -2.92. The first kappa shape index (κ1) is 25.6. The maximum Gasteiger partial charge on any atom is 0.387 e. The van der Waals surface area contributed by atoms with Gasteiger partial charge < -0.3 is 15.4 Å². The molecule has 2 rings (SSSR count). The second-order valence-electron chi connectivity index (χ2n) is 5.76. The number of benzene rings is 2. The third-order valence-electron chi connectivity index (χ3n) is 3.70. The Labute approximate surface area is 193 Å². The third-order valence-corrected chi connectivity index (χ3v) is 5.25. The van der Waals surface area contributed by atoms with E-state index in [1.807, 2.05) is 30.3 Å². The second kappa shape index (κ2) is 13.7. The smallest absolute Gasteiger partial charge is 0.387 e. The van der Waals surface area contributed by atoms with Crippen LogP contribution in [0.15, 0.2) is 53.5 Å². The molecule has 2 aromatic carbocycles. The minimum Gasteiger partial charge on any atom is -0.434 e. The van der Waals surface area contributed by atoms with Crippen molar-refractivity contribution in [1.82, 2.24) is 10.6 Å². The van der Waals surface area contributed by atoms with Crippen molar-refractivity contribution in [1.29, 1.82) is 0 Å². The molecule has 0 fully saturated rings. The molecule has 0 bridgehead atoms. The average Bonchev–Trinajstić information content (AvgIpc) is 2.66. The Morgan fingerprint density at radius 3 is 2.59 bits per heavy atom. The van der Waals surface area contributed by atoms with E-state index in [2.05, 4.69) is 20.4 Å². The highest BCUT2D eigenvalue weighted by Crippen LogP contribution is 2.24. The lowest BCUT2D eigenvalue weighted by Crippen LogP contribution is -2.38. The molecule has 0 aliphatic rings. The fourth-order valence-corrected chi connectivity index (χ4v) is 3.65. The summed E-state index contributed by atoms with van der Waals surface area (Å²) in [7, 11) is 0.579. The quantitative estimate of drug-likeness (QED) is 0.276. The van der Waals surface area contributed by atoms with Gasteiger partial charge in [0.1, 0.15) is 5.75 Å². The highest BCUT2D eigenvalue weighted by Gasteiger charge is 2.11. The van der Waals surface area contributed by atoms with Gasteiger partial charge in [-0.2, -0.15) is 8.78 Å². The van der Waals surface area contributed by atoms with Crippen molar-refractivity contribution in [2.75, 3.05) is 19.3 Å². The van der Waals surface area contributed by atoms with Gasteiger partial charge in [-0.1, -0.05) is 41.9 Å². The van der Waals surface area contributed by atoms with E-state index in [1.165, 1.54) is 12.1 Å². The van der Waals surface area contributed by atoms with Crippen LogP contribution < -0.4 is 15.4 Å². The number of alkyl halides is 2. The Morgan fingerprint density at radius 1 is 1.21 bits per heavy atom. The monoisotopic (exact) mass is 557 g/mol. The molecule has 0 radical (unpaired) electrons. The van der Waals surface area contributed by atoms with Crippen LogP contribution in [0.5, 0.6) is 5.75 Å². The molecule has 10 heteroatoms. The molecule has 160 valence electrons. The van der Waals surface area contributed by atoms with Gasteiger partial charge in [-0.25, -0.2) is 0 Å². The van der Waals surface area contributed by atoms with E-state index in [0.29, 0.717) is 34.6 Å². The van der Waals surface area contributed by atoms with E-state index in [-0.39, 0.29) is 36.3 Å². The first-order chi connectivity index (χ1) is 13.5. The van der Waals surface area contributed by atoms with Crippen molar-refractivity contribution in [3.8, 4) is 5.75 Å². The van der Waals surface area contributed by atoms with E-state index in [1.54, 1.807) is 13.1 Å². The van der Waals surface area contributed by atoms with Gasteiger partial charge >= 0.3 is 6.61 Å². The molecule has 5 nitrogen and oxygen atoms in total. The summed E-state index contributed by atoms with van der Waals surface area (Å²) in [5.41, 5.74) is 1.50. The maximum atomic E-state index is 12.5. The maximum absolute atomic E-state index is 12.5. The number of nitrogens with one attached hydrogen (secondary N) is 2. The van der Waals surface area contributed by atoms with Gasteiger partial charge in [-0.15, -0.1) is 24.0 Å². The second-order valence-corrected chi connectivity index (χ2v) is 7.77. The summed E-state index contributed by atoms with van der Waals surface area (Å²) < 4.78 is 41.7. The zero-order valence-corrected chi connectivity index (χ0v) is 19.6. The van der Waals surface area contributed by atoms with Crippen LogP contribution in [-0.4, -0.2) is 36.1 Å². The lowest BCUT2D eigenvalue weighted by atomic mass is 10.2. The molecule has 0 spiro atoms. The van der Waals surface area contributed by atoms with Crippen molar-refractivity contribution >= 4 is 52.3 Å². The number of halogens is 4.